The fraction of sp³-hybridized carbons (Fsp3) is 0.294. The molecule has 0 spiro atoms. The number of nitrogens with zero attached hydrogens (tertiary/aromatic N) is 2. The maximum absolute atomic E-state index is 2.46. The Balaban J connectivity index is 0.00000147. The van der Waals surface area contributed by atoms with Crippen molar-refractivity contribution in [2.24, 2.45) is 0 Å². The van der Waals surface area contributed by atoms with E-state index in [0.717, 1.165) is 19.8 Å². The van der Waals surface area contributed by atoms with Crippen LogP contribution in [-0.4, -0.2) is 19.8 Å². The summed E-state index contributed by atoms with van der Waals surface area (Å²) < 4.78 is 0. The predicted octanol–water partition coefficient (Wildman–Crippen LogP) is 4.01. The molecule has 2 aromatic carbocycles. The molecule has 3 heteroatoms. The number of aryl methyl sites for hydroxylation is 2. The smallest absolute Gasteiger partial charge is 0.0904 e. The van der Waals surface area contributed by atoms with E-state index in [0.29, 0.717) is 0 Å². The second-order valence-corrected chi connectivity index (χ2v) is 5.24. The van der Waals surface area contributed by atoms with Crippen LogP contribution in [0.4, 0.5) is 11.4 Å². The van der Waals surface area contributed by atoms with Crippen molar-refractivity contribution in [3.63, 3.8) is 0 Å². The lowest BCUT2D eigenvalue weighted by molar-refractivity contribution is 0.941. The van der Waals surface area contributed by atoms with E-state index in [1.807, 2.05) is 0 Å². The van der Waals surface area contributed by atoms with Gasteiger partial charge in [-0.3, -0.25) is 0 Å². The standard InChI is InChI=1S/C17H20N2.ClH/c1-14-7-3-5-9-16(14)18-11-12-19(13-18)17-10-6-4-8-15(17)2;/h3-10H,11-13H2,1-2H3;1H. The van der Waals surface area contributed by atoms with Gasteiger partial charge in [-0.05, 0) is 37.1 Å². The summed E-state index contributed by atoms with van der Waals surface area (Å²) in [5, 5.41) is 0. The van der Waals surface area contributed by atoms with Gasteiger partial charge in [-0.25, -0.2) is 0 Å². The molecule has 20 heavy (non-hydrogen) atoms. The zero-order valence-corrected chi connectivity index (χ0v) is 12.9. The molecule has 0 unspecified atom stereocenters. The first-order valence-electron chi connectivity index (χ1n) is 6.87. The van der Waals surface area contributed by atoms with E-state index >= 15 is 0 Å². The van der Waals surface area contributed by atoms with Crippen LogP contribution >= 0.6 is 12.4 Å². The summed E-state index contributed by atoms with van der Waals surface area (Å²) in [5.41, 5.74) is 5.43. The van der Waals surface area contributed by atoms with Crippen LogP contribution in [0.1, 0.15) is 11.1 Å². The molecule has 0 bridgehead atoms. The molecule has 0 saturated carbocycles. The van der Waals surface area contributed by atoms with Gasteiger partial charge < -0.3 is 9.80 Å². The van der Waals surface area contributed by atoms with Crippen molar-refractivity contribution in [2.45, 2.75) is 13.8 Å². The molecule has 3 rings (SSSR count). The number of halogens is 1. The normalized spacial score (nSPS) is 14.3. The largest absolute Gasteiger partial charge is 0.352 e. The van der Waals surface area contributed by atoms with E-state index in [2.05, 4.69) is 72.2 Å². The number of benzene rings is 2. The van der Waals surface area contributed by atoms with Crippen LogP contribution in [-0.2, 0) is 0 Å². The first kappa shape index (κ1) is 14.7. The average Bonchev–Trinajstić information content (AvgIpc) is 2.89. The zero-order chi connectivity index (χ0) is 13.2. The lowest BCUT2D eigenvalue weighted by atomic mass is 10.2. The van der Waals surface area contributed by atoms with Crippen molar-refractivity contribution in [1.29, 1.82) is 0 Å². The monoisotopic (exact) mass is 288 g/mol. The highest BCUT2D eigenvalue weighted by molar-refractivity contribution is 5.85. The Morgan fingerprint density at radius 2 is 1.10 bits per heavy atom. The molecule has 106 valence electrons. The average molecular weight is 289 g/mol. The highest BCUT2D eigenvalue weighted by Crippen LogP contribution is 2.27. The fourth-order valence-electron chi connectivity index (χ4n) is 2.82. The van der Waals surface area contributed by atoms with Crippen LogP contribution in [0.3, 0.4) is 0 Å². The van der Waals surface area contributed by atoms with Crippen LogP contribution < -0.4 is 9.80 Å². The molecule has 0 radical (unpaired) electrons. The minimum Gasteiger partial charge on any atom is -0.352 e. The molecular weight excluding hydrogens is 268 g/mol. The summed E-state index contributed by atoms with van der Waals surface area (Å²) in [4.78, 5) is 4.92. The topological polar surface area (TPSA) is 6.48 Å². The molecule has 0 aromatic heterocycles. The Kier molecular flexibility index (Phi) is 4.56. The molecule has 1 aliphatic heterocycles. The number of hydrogen-bond donors (Lipinski definition) is 0. The molecule has 2 nitrogen and oxygen atoms in total. The Bertz CT molecular complexity index is 531. The molecule has 0 aliphatic carbocycles. The summed E-state index contributed by atoms with van der Waals surface area (Å²) in [5.74, 6) is 0. The summed E-state index contributed by atoms with van der Waals surface area (Å²) in [6, 6.07) is 17.3. The molecule has 1 saturated heterocycles. The Hall–Kier alpha value is -1.67. The van der Waals surface area contributed by atoms with E-state index in [9.17, 15) is 0 Å². The second-order valence-electron chi connectivity index (χ2n) is 5.24. The van der Waals surface area contributed by atoms with Gasteiger partial charge in [0.1, 0.15) is 0 Å². The van der Waals surface area contributed by atoms with Crippen LogP contribution in [0.25, 0.3) is 0 Å². The highest BCUT2D eigenvalue weighted by atomic mass is 35.5. The van der Waals surface area contributed by atoms with Crippen LogP contribution in [0.5, 0.6) is 0 Å². The maximum atomic E-state index is 2.46. The Morgan fingerprint density at radius 3 is 1.50 bits per heavy atom. The maximum Gasteiger partial charge on any atom is 0.0904 e. The Labute approximate surface area is 127 Å². The van der Waals surface area contributed by atoms with Gasteiger partial charge >= 0.3 is 0 Å². The lowest BCUT2D eigenvalue weighted by Crippen LogP contribution is -2.25. The predicted molar refractivity (Wildman–Crippen MR) is 89.2 cm³/mol. The van der Waals surface area contributed by atoms with Gasteiger partial charge in [0, 0.05) is 24.5 Å². The van der Waals surface area contributed by atoms with Crippen molar-refractivity contribution in [1.82, 2.24) is 0 Å². The van der Waals surface area contributed by atoms with E-state index in [1.165, 1.54) is 22.5 Å². The van der Waals surface area contributed by atoms with Gasteiger partial charge in [0.15, 0.2) is 0 Å². The van der Waals surface area contributed by atoms with Gasteiger partial charge in [0.2, 0.25) is 0 Å². The van der Waals surface area contributed by atoms with Crippen molar-refractivity contribution < 1.29 is 0 Å². The third-order valence-electron chi connectivity index (χ3n) is 3.89. The zero-order valence-electron chi connectivity index (χ0n) is 12.0. The van der Waals surface area contributed by atoms with Gasteiger partial charge in [-0.2, -0.15) is 0 Å². The summed E-state index contributed by atoms with van der Waals surface area (Å²) >= 11 is 0. The van der Waals surface area contributed by atoms with Crippen molar-refractivity contribution in [2.75, 3.05) is 29.6 Å². The lowest BCUT2D eigenvalue weighted by Gasteiger charge is -2.23. The molecule has 0 atom stereocenters. The van der Waals surface area contributed by atoms with E-state index in [-0.39, 0.29) is 12.4 Å². The summed E-state index contributed by atoms with van der Waals surface area (Å²) in [7, 11) is 0. The molecule has 1 fully saturated rings. The first-order chi connectivity index (χ1) is 9.25. The molecule has 1 heterocycles. The highest BCUT2D eigenvalue weighted by Gasteiger charge is 2.22. The molecule has 1 aliphatic rings. The van der Waals surface area contributed by atoms with Gasteiger partial charge in [-0.15, -0.1) is 12.4 Å². The van der Waals surface area contributed by atoms with E-state index in [1.54, 1.807) is 0 Å². The van der Waals surface area contributed by atoms with Gasteiger partial charge in [0.05, 0.1) is 6.67 Å². The van der Waals surface area contributed by atoms with Gasteiger partial charge in [-0.1, -0.05) is 36.4 Å². The van der Waals surface area contributed by atoms with Gasteiger partial charge in [0.25, 0.3) is 0 Å². The third kappa shape index (κ3) is 2.75. The fourth-order valence-corrected chi connectivity index (χ4v) is 2.82. The minimum atomic E-state index is 0. The molecule has 0 N–H and O–H groups in total. The molecular formula is C17H21ClN2. The number of para-hydroxylation sites is 2. The van der Waals surface area contributed by atoms with Crippen molar-refractivity contribution in [3.05, 3.63) is 59.7 Å². The van der Waals surface area contributed by atoms with Crippen LogP contribution in [0.15, 0.2) is 48.5 Å². The Morgan fingerprint density at radius 1 is 0.700 bits per heavy atom. The first-order valence-corrected chi connectivity index (χ1v) is 6.87. The van der Waals surface area contributed by atoms with E-state index < -0.39 is 0 Å². The molecule has 0 amide bonds. The summed E-state index contributed by atoms with van der Waals surface area (Å²) in [6.45, 7) is 7.55. The number of rotatable bonds is 2. The van der Waals surface area contributed by atoms with Crippen LogP contribution in [0.2, 0.25) is 0 Å². The number of anilines is 2. The quantitative estimate of drug-likeness (QED) is 0.824. The SMILES string of the molecule is Cc1ccccc1N1CCN(c2ccccc2C)C1.Cl. The number of hydrogen-bond acceptors (Lipinski definition) is 2. The summed E-state index contributed by atoms with van der Waals surface area (Å²) in [6.07, 6.45) is 0. The molecule has 2 aromatic rings. The van der Waals surface area contributed by atoms with E-state index in [4.69, 9.17) is 0 Å². The van der Waals surface area contributed by atoms with Crippen molar-refractivity contribution >= 4 is 23.8 Å². The third-order valence-corrected chi connectivity index (χ3v) is 3.89. The van der Waals surface area contributed by atoms with Crippen molar-refractivity contribution in [3.8, 4) is 0 Å². The second kappa shape index (κ2) is 6.19. The minimum absolute atomic E-state index is 0. The van der Waals surface area contributed by atoms with Crippen LogP contribution in [0, 0.1) is 13.8 Å².